The topological polar surface area (TPSA) is 102 Å². The number of carbonyl (C=O) groups excluding carboxylic acids is 1. The summed E-state index contributed by atoms with van der Waals surface area (Å²) < 4.78 is 5.37. The minimum absolute atomic E-state index is 0.0738. The van der Waals surface area contributed by atoms with Gasteiger partial charge in [-0.3, -0.25) is 14.9 Å². The molecule has 0 spiro atoms. The van der Waals surface area contributed by atoms with Gasteiger partial charge in [0.2, 0.25) is 0 Å². The molecule has 7 nitrogen and oxygen atoms in total. The lowest BCUT2D eigenvalue weighted by atomic mass is 10.0. The van der Waals surface area contributed by atoms with Crippen LogP contribution in [0, 0.1) is 17.0 Å². The Morgan fingerprint density at radius 2 is 1.77 bits per heavy atom. The van der Waals surface area contributed by atoms with Crippen LogP contribution in [0.2, 0.25) is 0 Å². The smallest absolute Gasteiger partial charge is 0.344 e. The van der Waals surface area contributed by atoms with Crippen LogP contribution in [0.1, 0.15) is 15.9 Å². The number of hydrogen-bond donors (Lipinski definition) is 1. The van der Waals surface area contributed by atoms with Gasteiger partial charge in [0.05, 0.1) is 21.7 Å². The number of amides is 1. The average Bonchev–Trinajstić information content (AvgIpc) is 2.74. The predicted molar refractivity (Wildman–Crippen MR) is 114 cm³/mol. The summed E-state index contributed by atoms with van der Waals surface area (Å²) in [6.07, 6.45) is 0. The van der Waals surface area contributed by atoms with Crippen molar-refractivity contribution < 1.29 is 14.1 Å². The van der Waals surface area contributed by atoms with Crippen LogP contribution in [0.4, 0.5) is 11.4 Å². The molecule has 0 atom stereocenters. The molecule has 3 aromatic carbocycles. The van der Waals surface area contributed by atoms with E-state index in [2.05, 4.69) is 5.32 Å². The number of carbonyl (C=O) groups is 1. The normalized spacial score (nSPS) is 10.7. The fourth-order valence-electron chi connectivity index (χ4n) is 3.24. The second-order valence-electron chi connectivity index (χ2n) is 6.73. The number of fused-ring (bicyclic) bond motifs is 1. The number of nitro benzene ring substituents is 1. The minimum Gasteiger partial charge on any atom is -0.422 e. The van der Waals surface area contributed by atoms with E-state index in [4.69, 9.17) is 4.42 Å². The van der Waals surface area contributed by atoms with Crippen molar-refractivity contribution in [3.8, 4) is 11.1 Å². The molecule has 4 aromatic rings. The number of hydrogen-bond acceptors (Lipinski definition) is 5. The summed E-state index contributed by atoms with van der Waals surface area (Å²) >= 11 is 0. The van der Waals surface area contributed by atoms with Crippen LogP contribution in [-0.4, -0.2) is 10.8 Å². The van der Waals surface area contributed by atoms with Crippen molar-refractivity contribution in [1.29, 1.82) is 0 Å². The number of nitrogens with zero attached hydrogens (tertiary/aromatic N) is 1. The molecular formula is C23H16N2O5. The van der Waals surface area contributed by atoms with Gasteiger partial charge in [0.1, 0.15) is 5.58 Å². The lowest BCUT2D eigenvalue weighted by molar-refractivity contribution is -0.385. The fourth-order valence-corrected chi connectivity index (χ4v) is 3.24. The van der Waals surface area contributed by atoms with E-state index in [1.165, 1.54) is 12.1 Å². The first-order valence-electron chi connectivity index (χ1n) is 9.13. The Morgan fingerprint density at radius 1 is 1.00 bits per heavy atom. The first kappa shape index (κ1) is 19.1. The third kappa shape index (κ3) is 3.56. The molecule has 1 aromatic heterocycles. The summed E-state index contributed by atoms with van der Waals surface area (Å²) in [6.45, 7) is 1.57. The predicted octanol–water partition coefficient (Wildman–Crippen LogP) is 4.93. The molecule has 0 unspecified atom stereocenters. The Hall–Kier alpha value is -4.26. The van der Waals surface area contributed by atoms with Gasteiger partial charge in [0, 0.05) is 17.0 Å². The first-order chi connectivity index (χ1) is 14.4. The van der Waals surface area contributed by atoms with Crippen LogP contribution >= 0.6 is 0 Å². The molecule has 4 rings (SSSR count). The van der Waals surface area contributed by atoms with Crippen LogP contribution in [0.3, 0.4) is 0 Å². The van der Waals surface area contributed by atoms with Crippen molar-refractivity contribution in [2.24, 2.45) is 0 Å². The summed E-state index contributed by atoms with van der Waals surface area (Å²) in [7, 11) is 0. The van der Waals surface area contributed by atoms with E-state index in [1.54, 1.807) is 55.5 Å². The molecular weight excluding hydrogens is 384 g/mol. The van der Waals surface area contributed by atoms with Gasteiger partial charge in [-0.2, -0.15) is 0 Å². The van der Waals surface area contributed by atoms with E-state index < -0.39 is 16.5 Å². The van der Waals surface area contributed by atoms with Gasteiger partial charge in [-0.05, 0) is 42.8 Å². The van der Waals surface area contributed by atoms with E-state index in [-0.39, 0.29) is 5.69 Å². The van der Waals surface area contributed by atoms with E-state index >= 15 is 0 Å². The number of benzene rings is 3. The fraction of sp³-hybridized carbons (Fsp3) is 0.0435. The van der Waals surface area contributed by atoms with Gasteiger partial charge in [-0.1, -0.05) is 36.4 Å². The summed E-state index contributed by atoms with van der Waals surface area (Å²) in [6, 6.07) is 20.0. The molecule has 1 heterocycles. The van der Waals surface area contributed by atoms with Gasteiger partial charge in [-0.25, -0.2) is 4.79 Å². The minimum atomic E-state index is -0.499. The van der Waals surface area contributed by atoms with Gasteiger partial charge < -0.3 is 9.73 Å². The van der Waals surface area contributed by atoms with Crippen molar-refractivity contribution in [3.05, 3.63) is 104 Å². The van der Waals surface area contributed by atoms with Crippen LogP contribution in [0.5, 0.6) is 0 Å². The van der Waals surface area contributed by atoms with Gasteiger partial charge in [-0.15, -0.1) is 0 Å². The molecule has 1 N–H and O–H groups in total. The largest absolute Gasteiger partial charge is 0.422 e. The van der Waals surface area contributed by atoms with Crippen molar-refractivity contribution in [2.45, 2.75) is 6.92 Å². The highest BCUT2D eigenvalue weighted by atomic mass is 16.6. The summed E-state index contributed by atoms with van der Waals surface area (Å²) in [5.41, 5.74) is 1.82. The Bertz CT molecular complexity index is 1360. The Kier molecular flexibility index (Phi) is 4.85. The zero-order valence-electron chi connectivity index (χ0n) is 15.9. The number of rotatable bonds is 4. The molecule has 0 aliphatic rings. The molecule has 0 bridgehead atoms. The maximum atomic E-state index is 12.7. The standard InChI is InChI=1S/C23H16N2O5/c1-14-19(9-5-10-20(14)25(28)29)24-22(26)17-8-4-7-15(12-17)18-13-16-6-2-3-11-21(16)30-23(18)27/h2-13H,1H3,(H,24,26). The molecule has 0 fully saturated rings. The van der Waals surface area contributed by atoms with Crippen LogP contribution in [0.15, 0.2) is 82.0 Å². The van der Waals surface area contributed by atoms with E-state index in [0.29, 0.717) is 33.5 Å². The third-order valence-corrected chi connectivity index (χ3v) is 4.83. The van der Waals surface area contributed by atoms with Crippen molar-refractivity contribution >= 4 is 28.3 Å². The van der Waals surface area contributed by atoms with Crippen molar-refractivity contribution in [1.82, 2.24) is 0 Å². The number of anilines is 1. The monoisotopic (exact) mass is 400 g/mol. The van der Waals surface area contributed by atoms with Gasteiger partial charge >= 0.3 is 5.63 Å². The summed E-state index contributed by atoms with van der Waals surface area (Å²) in [5, 5.41) is 14.6. The lowest BCUT2D eigenvalue weighted by Crippen LogP contribution is -2.13. The van der Waals surface area contributed by atoms with Crippen LogP contribution in [0.25, 0.3) is 22.1 Å². The summed E-state index contributed by atoms with van der Waals surface area (Å²) in [5.74, 6) is -0.439. The Labute approximate surface area is 170 Å². The highest BCUT2D eigenvalue weighted by molar-refractivity contribution is 6.05. The highest BCUT2D eigenvalue weighted by Crippen LogP contribution is 2.26. The van der Waals surface area contributed by atoms with Crippen molar-refractivity contribution in [3.63, 3.8) is 0 Å². The zero-order chi connectivity index (χ0) is 21.3. The van der Waals surface area contributed by atoms with Gasteiger partial charge in [0.25, 0.3) is 11.6 Å². The third-order valence-electron chi connectivity index (χ3n) is 4.83. The number of para-hydroxylation sites is 1. The first-order valence-corrected chi connectivity index (χ1v) is 9.13. The maximum absolute atomic E-state index is 12.7. The Morgan fingerprint density at radius 3 is 2.57 bits per heavy atom. The maximum Gasteiger partial charge on any atom is 0.344 e. The molecule has 0 saturated carbocycles. The second kappa shape index (κ2) is 7.63. The molecule has 30 heavy (non-hydrogen) atoms. The van der Waals surface area contributed by atoms with E-state index in [0.717, 1.165) is 5.39 Å². The Balaban J connectivity index is 1.68. The SMILES string of the molecule is Cc1c(NC(=O)c2cccc(-c3cc4ccccc4oc3=O)c2)cccc1[N+](=O)[O-]. The number of nitro groups is 1. The molecule has 148 valence electrons. The molecule has 7 heteroatoms. The molecule has 0 radical (unpaired) electrons. The molecule has 0 aliphatic heterocycles. The van der Waals surface area contributed by atoms with E-state index in [9.17, 15) is 19.7 Å². The van der Waals surface area contributed by atoms with Gasteiger partial charge in [0.15, 0.2) is 0 Å². The van der Waals surface area contributed by atoms with Crippen LogP contribution < -0.4 is 10.9 Å². The molecule has 1 amide bonds. The van der Waals surface area contributed by atoms with Crippen LogP contribution in [-0.2, 0) is 0 Å². The molecule has 0 saturated heterocycles. The quantitative estimate of drug-likeness (QED) is 0.297. The molecule has 0 aliphatic carbocycles. The lowest BCUT2D eigenvalue weighted by Gasteiger charge is -2.10. The second-order valence-corrected chi connectivity index (χ2v) is 6.73. The number of nitrogens with one attached hydrogen (secondary N) is 1. The van der Waals surface area contributed by atoms with E-state index in [1.807, 2.05) is 12.1 Å². The van der Waals surface area contributed by atoms with Crippen molar-refractivity contribution in [2.75, 3.05) is 5.32 Å². The average molecular weight is 400 g/mol. The zero-order valence-corrected chi connectivity index (χ0v) is 15.9. The highest BCUT2D eigenvalue weighted by Gasteiger charge is 2.16. The summed E-state index contributed by atoms with van der Waals surface area (Å²) in [4.78, 5) is 35.8.